The van der Waals surface area contributed by atoms with Gasteiger partial charge in [-0.3, -0.25) is 4.79 Å². The number of halogens is 3. The predicted molar refractivity (Wildman–Crippen MR) is 80.5 cm³/mol. The summed E-state index contributed by atoms with van der Waals surface area (Å²) < 4.78 is 5.24. The van der Waals surface area contributed by atoms with Gasteiger partial charge in [-0.15, -0.1) is 0 Å². The fourth-order valence-electron chi connectivity index (χ4n) is 1.58. The Bertz CT molecular complexity index is 584. The third-order valence-corrected chi connectivity index (χ3v) is 5.42. The summed E-state index contributed by atoms with van der Waals surface area (Å²) in [5.41, 5.74) is 0.172. The number of alkyl halides is 2. The molecule has 19 heavy (non-hydrogen) atoms. The summed E-state index contributed by atoms with van der Waals surface area (Å²) in [7, 11) is 0. The van der Waals surface area contributed by atoms with E-state index in [1.807, 2.05) is 0 Å². The highest BCUT2D eigenvalue weighted by atomic mass is 79.9. The van der Waals surface area contributed by atoms with Crippen LogP contribution in [-0.2, 0) is 0 Å². The molecule has 0 amide bonds. The fraction of sp³-hybridized carbons (Fsp3) is 0.154. The van der Waals surface area contributed by atoms with E-state index in [0.717, 1.165) is 0 Å². The minimum atomic E-state index is -0.581. The lowest BCUT2D eigenvalue weighted by molar-refractivity contribution is 0.0986. The van der Waals surface area contributed by atoms with Gasteiger partial charge in [-0.1, -0.05) is 43.5 Å². The van der Waals surface area contributed by atoms with Crippen LogP contribution < -0.4 is 0 Å². The second-order valence-electron chi connectivity index (χ2n) is 3.84. The molecular weight excluding hydrogens is 399 g/mol. The number of carbonyl (C=O) groups excluding carboxylic acids is 1. The molecule has 6 heteroatoms. The maximum Gasteiger partial charge on any atom is 0.181 e. The van der Waals surface area contributed by atoms with Gasteiger partial charge in [0.2, 0.25) is 0 Å². The molecule has 0 spiro atoms. The first-order valence-electron chi connectivity index (χ1n) is 5.35. The van der Waals surface area contributed by atoms with Crippen molar-refractivity contribution in [2.45, 2.75) is 9.65 Å². The van der Waals surface area contributed by atoms with Crippen molar-refractivity contribution in [3.8, 4) is 5.75 Å². The molecule has 100 valence electrons. The smallest absolute Gasteiger partial charge is 0.181 e. The monoisotopic (exact) mass is 406 g/mol. The number of carbonyl (C=O) groups is 1. The zero-order valence-corrected chi connectivity index (χ0v) is 13.4. The number of phenolic OH excluding ortho intramolecular Hbond substituents is 1. The van der Waals surface area contributed by atoms with Gasteiger partial charge in [0.1, 0.15) is 11.5 Å². The van der Waals surface area contributed by atoms with Crippen LogP contribution in [0.25, 0.3) is 0 Å². The lowest BCUT2D eigenvalue weighted by Gasteiger charge is -2.14. The normalized spacial score (nSPS) is 14.1. The van der Waals surface area contributed by atoms with Gasteiger partial charge in [0.15, 0.2) is 5.78 Å². The predicted octanol–water partition coefficient (Wildman–Crippen LogP) is 4.72. The topological polar surface area (TPSA) is 50.4 Å². The molecule has 0 aliphatic rings. The first-order chi connectivity index (χ1) is 9.00. The van der Waals surface area contributed by atoms with Gasteiger partial charge in [0.25, 0.3) is 0 Å². The fourth-order valence-corrected chi connectivity index (χ4v) is 2.76. The lowest BCUT2D eigenvalue weighted by Crippen LogP contribution is -2.19. The van der Waals surface area contributed by atoms with E-state index >= 15 is 0 Å². The Labute approximate surface area is 131 Å². The Morgan fingerprint density at radius 2 is 2.05 bits per heavy atom. The Kier molecular flexibility index (Phi) is 4.71. The van der Waals surface area contributed by atoms with Crippen LogP contribution in [0.3, 0.4) is 0 Å². The second-order valence-corrected chi connectivity index (χ2v) is 6.25. The Morgan fingerprint density at radius 3 is 2.68 bits per heavy atom. The van der Waals surface area contributed by atoms with E-state index in [0.29, 0.717) is 10.8 Å². The molecule has 0 radical (unpaired) electrons. The Morgan fingerprint density at radius 1 is 1.32 bits per heavy atom. The summed E-state index contributed by atoms with van der Waals surface area (Å²) in [5.74, 6) is 0.244. The number of ketones is 1. The number of hydrogen-bond donors (Lipinski definition) is 1. The standard InChI is InChI=1S/C13H9Br2ClO3/c14-11(10-2-1-5-19-10)12(15)13(18)8-6-7(16)3-4-9(8)17/h1-6,11-12,17H. The number of phenols is 1. The van der Waals surface area contributed by atoms with Crippen molar-refractivity contribution in [3.05, 3.63) is 52.9 Å². The molecule has 1 N–H and O–H groups in total. The maximum atomic E-state index is 12.3. The number of aromatic hydroxyl groups is 1. The number of benzene rings is 1. The van der Waals surface area contributed by atoms with E-state index in [-0.39, 0.29) is 21.9 Å². The molecule has 0 saturated carbocycles. The van der Waals surface area contributed by atoms with Crippen LogP contribution in [0.4, 0.5) is 0 Å². The molecule has 2 aromatic rings. The molecule has 2 unspecified atom stereocenters. The lowest BCUT2D eigenvalue weighted by atomic mass is 10.0. The average Bonchev–Trinajstić information content (AvgIpc) is 2.93. The zero-order valence-electron chi connectivity index (χ0n) is 9.52. The highest BCUT2D eigenvalue weighted by Crippen LogP contribution is 2.35. The van der Waals surface area contributed by atoms with Crippen LogP contribution >= 0.6 is 43.5 Å². The summed E-state index contributed by atoms with van der Waals surface area (Å²) in [6, 6.07) is 7.86. The molecule has 1 heterocycles. The van der Waals surface area contributed by atoms with Crippen molar-refractivity contribution in [2.75, 3.05) is 0 Å². The minimum Gasteiger partial charge on any atom is -0.507 e. The number of furan rings is 1. The minimum absolute atomic E-state index is 0.0991. The van der Waals surface area contributed by atoms with Crippen LogP contribution in [0.5, 0.6) is 5.75 Å². The largest absolute Gasteiger partial charge is 0.507 e. The summed E-state index contributed by atoms with van der Waals surface area (Å²) in [4.78, 5) is 11.4. The van der Waals surface area contributed by atoms with Gasteiger partial charge in [0, 0.05) is 5.02 Å². The second kappa shape index (κ2) is 6.11. The molecule has 0 aliphatic heterocycles. The molecule has 0 bridgehead atoms. The van der Waals surface area contributed by atoms with Gasteiger partial charge >= 0.3 is 0 Å². The summed E-state index contributed by atoms with van der Waals surface area (Å²) in [6.45, 7) is 0. The summed E-state index contributed by atoms with van der Waals surface area (Å²) in [6.07, 6.45) is 1.53. The van der Waals surface area contributed by atoms with Gasteiger partial charge in [-0.05, 0) is 30.3 Å². The van der Waals surface area contributed by atoms with Gasteiger partial charge in [-0.2, -0.15) is 0 Å². The molecule has 0 fully saturated rings. The first kappa shape index (κ1) is 14.6. The van der Waals surface area contributed by atoms with E-state index < -0.39 is 4.83 Å². The van der Waals surface area contributed by atoms with Crippen molar-refractivity contribution in [1.29, 1.82) is 0 Å². The molecule has 0 saturated heterocycles. The summed E-state index contributed by atoms with van der Waals surface area (Å²) in [5, 5.41) is 10.1. The van der Waals surface area contributed by atoms with Crippen LogP contribution in [-0.4, -0.2) is 15.7 Å². The first-order valence-corrected chi connectivity index (χ1v) is 7.56. The van der Waals surface area contributed by atoms with Gasteiger partial charge in [-0.25, -0.2) is 0 Å². The van der Waals surface area contributed by atoms with Crippen molar-refractivity contribution in [2.24, 2.45) is 0 Å². The average molecular weight is 408 g/mol. The molecule has 2 atom stereocenters. The number of rotatable bonds is 4. The van der Waals surface area contributed by atoms with E-state index in [1.54, 1.807) is 12.1 Å². The molecule has 1 aromatic carbocycles. The number of Topliss-reactive ketones (excluding diaryl/α,β-unsaturated/α-hetero) is 1. The highest BCUT2D eigenvalue weighted by molar-refractivity contribution is 9.12. The van der Waals surface area contributed by atoms with Gasteiger partial charge < -0.3 is 9.52 Å². The van der Waals surface area contributed by atoms with E-state index in [4.69, 9.17) is 16.0 Å². The van der Waals surface area contributed by atoms with Crippen molar-refractivity contribution < 1.29 is 14.3 Å². The third-order valence-electron chi connectivity index (χ3n) is 2.55. The van der Waals surface area contributed by atoms with Gasteiger partial charge in [0.05, 0.1) is 21.5 Å². The van der Waals surface area contributed by atoms with Crippen LogP contribution in [0.1, 0.15) is 20.9 Å². The molecular formula is C13H9Br2ClO3. The zero-order chi connectivity index (χ0) is 14.0. The van der Waals surface area contributed by atoms with Crippen LogP contribution in [0, 0.1) is 0 Å². The van der Waals surface area contributed by atoms with E-state index in [2.05, 4.69) is 31.9 Å². The SMILES string of the molecule is O=C(c1cc(Cl)ccc1O)C(Br)C(Br)c1ccco1. The van der Waals surface area contributed by atoms with Crippen molar-refractivity contribution in [1.82, 2.24) is 0 Å². The quantitative estimate of drug-likeness (QED) is 0.588. The van der Waals surface area contributed by atoms with E-state index in [1.165, 1.54) is 24.5 Å². The van der Waals surface area contributed by atoms with E-state index in [9.17, 15) is 9.90 Å². The highest BCUT2D eigenvalue weighted by Gasteiger charge is 2.29. The molecule has 0 aliphatic carbocycles. The maximum absolute atomic E-state index is 12.3. The Hall–Kier alpha value is -0.780. The van der Waals surface area contributed by atoms with Crippen LogP contribution in [0.15, 0.2) is 41.0 Å². The Balaban J connectivity index is 2.26. The van der Waals surface area contributed by atoms with Crippen molar-refractivity contribution >= 4 is 49.2 Å². The molecule has 1 aromatic heterocycles. The number of hydrogen-bond acceptors (Lipinski definition) is 3. The van der Waals surface area contributed by atoms with Crippen LogP contribution in [0.2, 0.25) is 5.02 Å². The molecule has 2 rings (SSSR count). The van der Waals surface area contributed by atoms with Crippen molar-refractivity contribution in [3.63, 3.8) is 0 Å². The summed E-state index contributed by atoms with van der Waals surface area (Å²) >= 11 is 12.5. The third kappa shape index (κ3) is 3.22. The molecule has 3 nitrogen and oxygen atoms in total.